The van der Waals surface area contributed by atoms with E-state index >= 15 is 0 Å². The summed E-state index contributed by atoms with van der Waals surface area (Å²) in [5, 5.41) is 6.24. The van der Waals surface area contributed by atoms with Crippen LogP contribution in [0.2, 0.25) is 0 Å². The van der Waals surface area contributed by atoms with Crippen molar-refractivity contribution in [1.82, 2.24) is 15.6 Å². The highest BCUT2D eigenvalue weighted by atomic mass is 32.2. The molecule has 1 atom stereocenters. The van der Waals surface area contributed by atoms with Crippen molar-refractivity contribution in [3.63, 3.8) is 0 Å². The molecule has 0 saturated carbocycles. The van der Waals surface area contributed by atoms with Crippen LogP contribution in [-0.4, -0.2) is 51.1 Å². The number of guanidine groups is 1. The van der Waals surface area contributed by atoms with Crippen LogP contribution in [-0.2, 0) is 16.4 Å². The van der Waals surface area contributed by atoms with Crippen molar-refractivity contribution in [3.8, 4) is 5.88 Å². The molecule has 0 amide bonds. The molecule has 0 radical (unpaired) electrons. The number of nitrogens with zero attached hydrogens (tertiary/aromatic N) is 2. The molecule has 1 aromatic rings. The Balaban J connectivity index is 1.88. The Morgan fingerprint density at radius 1 is 1.52 bits per heavy atom. The summed E-state index contributed by atoms with van der Waals surface area (Å²) in [7, 11) is 0.321. The Hall–Kier alpha value is -1.83. The van der Waals surface area contributed by atoms with Gasteiger partial charge in [0.15, 0.2) is 15.8 Å². The van der Waals surface area contributed by atoms with Crippen LogP contribution < -0.4 is 15.4 Å². The summed E-state index contributed by atoms with van der Waals surface area (Å²) in [5.74, 6) is 1.52. The fourth-order valence-corrected chi connectivity index (χ4v) is 3.81. The quantitative estimate of drug-likeness (QED) is 0.598. The number of hydrogen-bond acceptors (Lipinski definition) is 5. The molecule has 1 aliphatic heterocycles. The Morgan fingerprint density at radius 3 is 2.95 bits per heavy atom. The minimum atomic E-state index is -2.90. The van der Waals surface area contributed by atoms with Crippen molar-refractivity contribution in [3.05, 3.63) is 23.9 Å². The van der Waals surface area contributed by atoms with Crippen LogP contribution >= 0.6 is 0 Å². The maximum absolute atomic E-state index is 11.4. The third-order valence-corrected chi connectivity index (χ3v) is 4.99. The summed E-state index contributed by atoms with van der Waals surface area (Å²) in [6.45, 7) is 0.482. The van der Waals surface area contributed by atoms with Crippen molar-refractivity contribution in [1.29, 1.82) is 0 Å². The Kier molecular flexibility index (Phi) is 5.00. The summed E-state index contributed by atoms with van der Waals surface area (Å²) in [4.78, 5) is 8.39. The molecule has 0 spiro atoms. The number of rotatable bonds is 4. The van der Waals surface area contributed by atoms with Gasteiger partial charge in [-0.15, -0.1) is 0 Å². The first-order chi connectivity index (χ1) is 10.0. The molecule has 1 aliphatic rings. The summed E-state index contributed by atoms with van der Waals surface area (Å²) >= 11 is 0. The van der Waals surface area contributed by atoms with Crippen LogP contribution in [0.5, 0.6) is 5.88 Å². The first kappa shape index (κ1) is 15.6. The minimum Gasteiger partial charge on any atom is -0.481 e. The largest absolute Gasteiger partial charge is 0.481 e. The number of ether oxygens (including phenoxy) is 1. The van der Waals surface area contributed by atoms with Crippen molar-refractivity contribution >= 4 is 15.8 Å². The van der Waals surface area contributed by atoms with Gasteiger partial charge in [-0.3, -0.25) is 4.99 Å². The zero-order chi connectivity index (χ0) is 15.3. The van der Waals surface area contributed by atoms with E-state index < -0.39 is 9.84 Å². The zero-order valence-electron chi connectivity index (χ0n) is 12.2. The Bertz CT molecular complexity index is 616. The average Bonchev–Trinajstić information content (AvgIpc) is 2.82. The topological polar surface area (TPSA) is 92.7 Å². The van der Waals surface area contributed by atoms with Crippen LogP contribution in [0.4, 0.5) is 0 Å². The molecule has 2 heterocycles. The molecule has 1 fully saturated rings. The van der Waals surface area contributed by atoms with Gasteiger partial charge in [0.2, 0.25) is 5.88 Å². The molecule has 1 saturated heterocycles. The molecular weight excluding hydrogens is 292 g/mol. The van der Waals surface area contributed by atoms with Gasteiger partial charge in [0, 0.05) is 19.2 Å². The van der Waals surface area contributed by atoms with Gasteiger partial charge in [-0.1, -0.05) is 6.07 Å². The van der Waals surface area contributed by atoms with Gasteiger partial charge >= 0.3 is 0 Å². The molecule has 8 heteroatoms. The van der Waals surface area contributed by atoms with Gasteiger partial charge in [0.1, 0.15) is 0 Å². The number of nitrogens with one attached hydrogen (secondary N) is 2. The van der Waals surface area contributed by atoms with E-state index in [9.17, 15) is 8.42 Å². The van der Waals surface area contributed by atoms with Crippen molar-refractivity contribution < 1.29 is 13.2 Å². The molecule has 0 aliphatic carbocycles. The van der Waals surface area contributed by atoms with E-state index in [0.717, 1.165) is 5.69 Å². The second-order valence-corrected chi connectivity index (χ2v) is 7.07. The third kappa shape index (κ3) is 4.59. The number of hydrogen-bond donors (Lipinski definition) is 2. The Labute approximate surface area is 124 Å². The lowest BCUT2D eigenvalue weighted by atomic mass is 10.3. The maximum Gasteiger partial charge on any atom is 0.213 e. The standard InChI is InChI=1S/C13H20N4O3S/c1-14-13(17-11-6-7-21(18,19)9-11)15-8-10-4-3-5-12(16-10)20-2/h3-5,11H,6-9H2,1-2H3,(H2,14,15,17). The highest BCUT2D eigenvalue weighted by Gasteiger charge is 2.28. The number of sulfone groups is 1. The third-order valence-electron chi connectivity index (χ3n) is 3.22. The highest BCUT2D eigenvalue weighted by Crippen LogP contribution is 2.11. The second kappa shape index (κ2) is 6.75. The molecule has 0 bridgehead atoms. The van der Waals surface area contributed by atoms with E-state index in [-0.39, 0.29) is 17.5 Å². The first-order valence-electron chi connectivity index (χ1n) is 6.70. The Morgan fingerprint density at radius 2 is 2.33 bits per heavy atom. The molecule has 1 aromatic heterocycles. The molecule has 2 N–H and O–H groups in total. The van der Waals surface area contributed by atoms with E-state index in [1.807, 2.05) is 12.1 Å². The smallest absolute Gasteiger partial charge is 0.213 e. The van der Waals surface area contributed by atoms with Crippen molar-refractivity contribution in [2.75, 3.05) is 25.7 Å². The molecule has 7 nitrogen and oxygen atoms in total. The van der Waals surface area contributed by atoms with E-state index in [2.05, 4.69) is 20.6 Å². The number of aromatic nitrogens is 1. The van der Waals surface area contributed by atoms with Gasteiger partial charge in [-0.25, -0.2) is 13.4 Å². The van der Waals surface area contributed by atoms with Gasteiger partial charge < -0.3 is 15.4 Å². The normalized spacial score (nSPS) is 21.0. The van der Waals surface area contributed by atoms with Gasteiger partial charge in [0.25, 0.3) is 0 Å². The predicted molar refractivity (Wildman–Crippen MR) is 81.2 cm³/mol. The molecule has 2 rings (SSSR count). The van der Waals surface area contributed by atoms with Crippen LogP contribution in [0.25, 0.3) is 0 Å². The monoisotopic (exact) mass is 312 g/mol. The van der Waals surface area contributed by atoms with E-state index in [1.54, 1.807) is 20.2 Å². The fourth-order valence-electron chi connectivity index (χ4n) is 2.14. The summed E-state index contributed by atoms with van der Waals surface area (Å²) in [5.41, 5.74) is 0.816. The van der Waals surface area contributed by atoms with Gasteiger partial charge in [0.05, 0.1) is 30.9 Å². The van der Waals surface area contributed by atoms with Crippen molar-refractivity contribution in [2.45, 2.75) is 19.0 Å². The van der Waals surface area contributed by atoms with E-state index in [0.29, 0.717) is 24.8 Å². The molecule has 0 aromatic carbocycles. The first-order valence-corrected chi connectivity index (χ1v) is 8.52. The van der Waals surface area contributed by atoms with E-state index in [4.69, 9.17) is 4.74 Å². The number of pyridine rings is 1. The number of methoxy groups -OCH3 is 1. The van der Waals surface area contributed by atoms with Crippen LogP contribution in [0.3, 0.4) is 0 Å². The van der Waals surface area contributed by atoms with Gasteiger partial charge in [-0.05, 0) is 12.5 Å². The van der Waals surface area contributed by atoms with Crippen LogP contribution in [0, 0.1) is 0 Å². The summed E-state index contributed by atoms with van der Waals surface area (Å²) < 4.78 is 27.9. The maximum atomic E-state index is 11.4. The summed E-state index contributed by atoms with van der Waals surface area (Å²) in [6.07, 6.45) is 0.612. The fraction of sp³-hybridized carbons (Fsp3) is 0.538. The van der Waals surface area contributed by atoms with Crippen LogP contribution in [0.15, 0.2) is 23.2 Å². The second-order valence-electron chi connectivity index (χ2n) is 4.84. The predicted octanol–water partition coefficient (Wildman–Crippen LogP) is -0.0577. The van der Waals surface area contributed by atoms with Gasteiger partial charge in [-0.2, -0.15) is 0 Å². The lowest BCUT2D eigenvalue weighted by molar-refractivity contribution is 0.396. The lowest BCUT2D eigenvalue weighted by Gasteiger charge is -2.16. The molecule has 21 heavy (non-hydrogen) atoms. The van der Waals surface area contributed by atoms with E-state index in [1.165, 1.54) is 0 Å². The summed E-state index contributed by atoms with van der Waals surface area (Å²) in [6, 6.07) is 5.44. The average molecular weight is 312 g/mol. The SMILES string of the molecule is CN=C(NCc1cccc(OC)n1)NC1CCS(=O)(=O)C1. The minimum absolute atomic E-state index is 0.0838. The molecule has 116 valence electrons. The zero-order valence-corrected chi connectivity index (χ0v) is 13.0. The van der Waals surface area contributed by atoms with Crippen molar-refractivity contribution in [2.24, 2.45) is 4.99 Å². The highest BCUT2D eigenvalue weighted by molar-refractivity contribution is 7.91. The number of aliphatic imine (C=N–C) groups is 1. The molecule has 1 unspecified atom stereocenters. The lowest BCUT2D eigenvalue weighted by Crippen LogP contribution is -2.43. The van der Waals surface area contributed by atoms with Crippen LogP contribution in [0.1, 0.15) is 12.1 Å². The molecular formula is C13H20N4O3S.